The van der Waals surface area contributed by atoms with E-state index in [1.165, 1.54) is 6.07 Å². The van der Waals surface area contributed by atoms with Crippen molar-refractivity contribution in [2.45, 2.75) is 13.3 Å². The summed E-state index contributed by atoms with van der Waals surface area (Å²) >= 11 is 0. The van der Waals surface area contributed by atoms with Crippen molar-refractivity contribution < 1.29 is 19.4 Å². The third-order valence-electron chi connectivity index (χ3n) is 1.78. The maximum atomic E-state index is 10.9. The van der Waals surface area contributed by atoms with Gasteiger partial charge in [-0.2, -0.15) is 4.89 Å². The molecule has 1 aromatic rings. The van der Waals surface area contributed by atoms with Crippen LogP contribution < -0.4 is 5.30 Å². The van der Waals surface area contributed by atoms with Gasteiger partial charge in [-0.1, -0.05) is 17.7 Å². The molecule has 2 N–H and O–H groups in total. The van der Waals surface area contributed by atoms with E-state index in [1.54, 1.807) is 19.1 Å². The second-order valence-electron chi connectivity index (χ2n) is 2.98. The average Bonchev–Trinajstić information content (AvgIpc) is 2.01. The third kappa shape index (κ3) is 2.62. The normalized spacial score (nSPS) is 11.1. The summed E-state index contributed by atoms with van der Waals surface area (Å²) in [6, 6.07) is 4.79. The second kappa shape index (κ2) is 4.31. The van der Waals surface area contributed by atoms with E-state index >= 15 is 0 Å². The van der Waals surface area contributed by atoms with E-state index in [9.17, 15) is 9.36 Å². The first-order valence-electron chi connectivity index (χ1n) is 3.98. The number of aliphatic carboxylic acids is 1. The number of hydrogen-bond donors (Lipinski definition) is 2. The Balaban J connectivity index is 3.15. The molecule has 0 saturated heterocycles. The van der Waals surface area contributed by atoms with Gasteiger partial charge < -0.3 is 5.11 Å². The molecule has 1 atom stereocenters. The number of carbonyl (C=O) groups is 1. The van der Waals surface area contributed by atoms with E-state index in [1.807, 2.05) is 0 Å². The first-order valence-corrected chi connectivity index (χ1v) is 5.19. The molecule has 1 unspecified atom stereocenters. The molecule has 0 saturated carbocycles. The zero-order chi connectivity index (χ0) is 10.7. The minimum absolute atomic E-state index is 0.202. The lowest BCUT2D eigenvalue weighted by molar-refractivity contribution is -0.136. The first kappa shape index (κ1) is 10.8. The maximum Gasteiger partial charge on any atom is 0.546 e. The summed E-state index contributed by atoms with van der Waals surface area (Å²) < 4.78 is 10.9. The van der Waals surface area contributed by atoms with Gasteiger partial charge in [0.05, 0.1) is 6.42 Å². The minimum Gasteiger partial charge on any atom is -0.481 e. The summed E-state index contributed by atoms with van der Waals surface area (Å²) in [5, 5.41) is 8.79. The summed E-state index contributed by atoms with van der Waals surface area (Å²) in [4.78, 5) is 19.4. The van der Waals surface area contributed by atoms with Crippen LogP contribution in [0.3, 0.4) is 0 Å². The zero-order valence-corrected chi connectivity index (χ0v) is 8.49. The minimum atomic E-state index is -2.47. The van der Waals surface area contributed by atoms with Crippen molar-refractivity contribution in [3.05, 3.63) is 29.3 Å². The van der Waals surface area contributed by atoms with Crippen LogP contribution in [0.1, 0.15) is 11.1 Å². The van der Waals surface area contributed by atoms with Crippen LogP contribution in [0.2, 0.25) is 0 Å². The molecule has 0 aromatic heterocycles. The van der Waals surface area contributed by atoms with Gasteiger partial charge in [0, 0.05) is 5.56 Å². The predicted octanol–water partition coefficient (Wildman–Crippen LogP) is 0.982. The van der Waals surface area contributed by atoms with Crippen LogP contribution in [0.15, 0.2) is 18.2 Å². The Labute approximate surface area is 82.1 Å². The molecule has 0 aliphatic heterocycles. The fourth-order valence-corrected chi connectivity index (χ4v) is 1.80. The highest BCUT2D eigenvalue weighted by atomic mass is 31.1. The largest absolute Gasteiger partial charge is 0.546 e. The zero-order valence-electron chi connectivity index (χ0n) is 7.60. The molecular weight excluding hydrogens is 203 g/mol. The molecule has 4 nitrogen and oxygen atoms in total. The fraction of sp³-hybridized carbons (Fsp3) is 0.222. The van der Waals surface area contributed by atoms with Gasteiger partial charge in [-0.05, 0) is 17.6 Å². The first-order chi connectivity index (χ1) is 6.50. The lowest BCUT2D eigenvalue weighted by atomic mass is 10.1. The molecule has 14 heavy (non-hydrogen) atoms. The highest BCUT2D eigenvalue weighted by Gasteiger charge is 2.22. The fourth-order valence-electron chi connectivity index (χ4n) is 1.21. The number of aryl methyl sites for hydroxylation is 1. The summed E-state index contributed by atoms with van der Waals surface area (Å²) in [6.45, 7) is 1.81. The van der Waals surface area contributed by atoms with E-state index in [4.69, 9.17) is 10.00 Å². The van der Waals surface area contributed by atoms with Crippen molar-refractivity contribution in [2.24, 2.45) is 0 Å². The van der Waals surface area contributed by atoms with Crippen molar-refractivity contribution in [3.63, 3.8) is 0 Å². The van der Waals surface area contributed by atoms with Gasteiger partial charge in [-0.3, -0.25) is 4.79 Å². The standard InChI is InChI=1S/C9H9O4P/c1-6-2-3-8(14(12)13)7(4-6)5-9(10)11/h2-4H,5H2,1H3,(H-,10,11,12,13)/p+1. The predicted molar refractivity (Wildman–Crippen MR) is 52.0 cm³/mol. The Morgan fingerprint density at radius 3 is 2.64 bits per heavy atom. The van der Waals surface area contributed by atoms with E-state index in [-0.39, 0.29) is 11.7 Å². The molecule has 0 aliphatic rings. The molecule has 0 amide bonds. The van der Waals surface area contributed by atoms with Crippen molar-refractivity contribution >= 4 is 19.3 Å². The van der Waals surface area contributed by atoms with Crippen LogP contribution >= 0.6 is 8.03 Å². The Morgan fingerprint density at radius 1 is 1.50 bits per heavy atom. The van der Waals surface area contributed by atoms with Crippen LogP contribution in [0.25, 0.3) is 0 Å². The van der Waals surface area contributed by atoms with Crippen molar-refractivity contribution in [1.29, 1.82) is 0 Å². The van der Waals surface area contributed by atoms with Crippen LogP contribution in [0, 0.1) is 6.92 Å². The van der Waals surface area contributed by atoms with Crippen LogP contribution in [0.4, 0.5) is 0 Å². The van der Waals surface area contributed by atoms with E-state index in [2.05, 4.69) is 0 Å². The molecule has 0 heterocycles. The maximum absolute atomic E-state index is 10.9. The van der Waals surface area contributed by atoms with Gasteiger partial charge in [0.25, 0.3) is 0 Å². The smallest absolute Gasteiger partial charge is 0.481 e. The lowest BCUT2D eigenvalue weighted by Crippen LogP contribution is -2.11. The second-order valence-corrected chi connectivity index (χ2v) is 4.00. The summed E-state index contributed by atoms with van der Waals surface area (Å²) in [6.07, 6.45) is -0.224. The summed E-state index contributed by atoms with van der Waals surface area (Å²) in [7, 11) is -2.47. The molecule has 1 rings (SSSR count). The summed E-state index contributed by atoms with van der Waals surface area (Å²) in [5.74, 6) is -1.01. The summed E-state index contributed by atoms with van der Waals surface area (Å²) in [5.41, 5.74) is 1.28. The van der Waals surface area contributed by atoms with Crippen molar-refractivity contribution in [3.8, 4) is 0 Å². The molecule has 5 heteroatoms. The van der Waals surface area contributed by atoms with E-state index in [0.29, 0.717) is 5.56 Å². The van der Waals surface area contributed by atoms with E-state index in [0.717, 1.165) is 5.56 Å². The van der Waals surface area contributed by atoms with Gasteiger partial charge in [0.1, 0.15) is 0 Å². The SMILES string of the molecule is Cc1ccc([P+](=O)O)c(CC(=O)O)c1. The average molecular weight is 213 g/mol. The Morgan fingerprint density at radius 2 is 2.14 bits per heavy atom. The van der Waals surface area contributed by atoms with Crippen LogP contribution in [-0.4, -0.2) is 16.0 Å². The molecule has 0 bridgehead atoms. The molecule has 1 aromatic carbocycles. The monoisotopic (exact) mass is 213 g/mol. The van der Waals surface area contributed by atoms with Crippen LogP contribution in [-0.2, 0) is 15.8 Å². The molecule has 0 fully saturated rings. The molecule has 0 spiro atoms. The lowest BCUT2D eigenvalue weighted by Gasteiger charge is -1.98. The van der Waals surface area contributed by atoms with Gasteiger partial charge in [0.2, 0.25) is 5.30 Å². The number of carboxylic acids is 1. The molecule has 0 aliphatic carbocycles. The van der Waals surface area contributed by atoms with Gasteiger partial charge in [0.15, 0.2) is 0 Å². The Kier molecular flexibility index (Phi) is 3.33. The topological polar surface area (TPSA) is 74.6 Å². The molecular formula is C9H10O4P+. The van der Waals surface area contributed by atoms with Crippen molar-refractivity contribution in [1.82, 2.24) is 0 Å². The van der Waals surface area contributed by atoms with Crippen molar-refractivity contribution in [2.75, 3.05) is 0 Å². The molecule has 74 valence electrons. The van der Waals surface area contributed by atoms with Gasteiger partial charge in [-0.25, -0.2) is 0 Å². The quantitative estimate of drug-likeness (QED) is 0.734. The van der Waals surface area contributed by atoms with Gasteiger partial charge in [-0.15, -0.1) is 0 Å². The Hall–Kier alpha value is -1.25. The van der Waals surface area contributed by atoms with Gasteiger partial charge >= 0.3 is 14.0 Å². The Bertz CT molecular complexity index is 386. The van der Waals surface area contributed by atoms with Crippen LogP contribution in [0.5, 0.6) is 0 Å². The highest BCUT2D eigenvalue weighted by molar-refractivity contribution is 7.47. The number of hydrogen-bond acceptors (Lipinski definition) is 2. The number of rotatable bonds is 3. The highest BCUT2D eigenvalue weighted by Crippen LogP contribution is 2.17. The van der Waals surface area contributed by atoms with E-state index < -0.39 is 14.0 Å². The number of benzene rings is 1. The molecule has 0 radical (unpaired) electrons. The number of carboxylic acid groups (broad SMARTS) is 1. The third-order valence-corrected chi connectivity index (χ3v) is 2.63.